The van der Waals surface area contributed by atoms with Gasteiger partial charge in [0.25, 0.3) is 0 Å². The Kier molecular flexibility index (Phi) is 5.17. The summed E-state index contributed by atoms with van der Waals surface area (Å²) in [6.45, 7) is 0.868. The average molecular weight is 286 g/mol. The minimum absolute atomic E-state index is 0.0821. The second-order valence-electron chi connectivity index (χ2n) is 4.48. The minimum atomic E-state index is 0.0821. The summed E-state index contributed by atoms with van der Waals surface area (Å²) in [5, 5.41) is 11.8. The Hall–Kier alpha value is -2.53. The van der Waals surface area contributed by atoms with Crippen molar-refractivity contribution in [2.45, 2.75) is 13.2 Å². The van der Waals surface area contributed by atoms with E-state index in [9.17, 15) is 0 Å². The number of benzene rings is 2. The van der Waals surface area contributed by atoms with Crippen molar-refractivity contribution in [2.75, 3.05) is 7.11 Å². The normalized spacial score (nSPS) is 11.4. The van der Waals surface area contributed by atoms with Gasteiger partial charge in [0.05, 0.1) is 20.3 Å². The number of amidine groups is 1. The van der Waals surface area contributed by atoms with Gasteiger partial charge in [-0.15, -0.1) is 0 Å². The van der Waals surface area contributed by atoms with Crippen LogP contribution < -0.4 is 10.5 Å². The predicted octanol–water partition coefficient (Wildman–Crippen LogP) is 2.51. The molecule has 110 valence electrons. The molecule has 3 N–H and O–H groups in total. The molecular formula is C16H18N2O3. The Labute approximate surface area is 123 Å². The molecule has 0 aliphatic heterocycles. The summed E-state index contributed by atoms with van der Waals surface area (Å²) in [5.74, 6) is 0.898. The van der Waals surface area contributed by atoms with Crippen molar-refractivity contribution in [3.8, 4) is 5.75 Å². The molecule has 0 saturated carbocycles. The van der Waals surface area contributed by atoms with E-state index >= 15 is 0 Å². The van der Waals surface area contributed by atoms with Crippen molar-refractivity contribution in [1.82, 2.24) is 0 Å². The Morgan fingerprint density at radius 2 is 1.81 bits per heavy atom. The van der Waals surface area contributed by atoms with Crippen LogP contribution in [-0.4, -0.2) is 18.2 Å². The summed E-state index contributed by atoms with van der Waals surface area (Å²) >= 11 is 0. The first kappa shape index (κ1) is 14.9. The van der Waals surface area contributed by atoms with Crippen molar-refractivity contribution in [2.24, 2.45) is 10.9 Å². The Morgan fingerprint density at radius 1 is 1.10 bits per heavy atom. The third kappa shape index (κ3) is 3.97. The van der Waals surface area contributed by atoms with E-state index in [0.717, 1.165) is 16.9 Å². The second-order valence-corrected chi connectivity index (χ2v) is 4.48. The molecule has 0 atom stereocenters. The van der Waals surface area contributed by atoms with Crippen molar-refractivity contribution < 1.29 is 14.7 Å². The topological polar surface area (TPSA) is 77.1 Å². The van der Waals surface area contributed by atoms with Gasteiger partial charge < -0.3 is 20.4 Å². The first-order valence-corrected chi connectivity index (χ1v) is 6.51. The molecule has 0 aliphatic rings. The average Bonchev–Trinajstić information content (AvgIpc) is 2.55. The molecule has 0 bridgehead atoms. The highest BCUT2D eigenvalue weighted by Gasteiger charge is 2.06. The number of hydrogen-bond donors (Lipinski definition) is 2. The van der Waals surface area contributed by atoms with Crippen molar-refractivity contribution in [1.29, 1.82) is 0 Å². The summed E-state index contributed by atoms with van der Waals surface area (Å²) in [6, 6.07) is 15.1. The van der Waals surface area contributed by atoms with Crippen molar-refractivity contribution in [3.05, 3.63) is 65.2 Å². The van der Waals surface area contributed by atoms with Gasteiger partial charge in [-0.05, 0) is 23.3 Å². The van der Waals surface area contributed by atoms with Crippen LogP contribution in [0.15, 0.2) is 53.7 Å². The van der Waals surface area contributed by atoms with Gasteiger partial charge in [0.1, 0.15) is 5.75 Å². The molecule has 0 radical (unpaired) electrons. The summed E-state index contributed by atoms with van der Waals surface area (Å²) in [7, 11) is 1.63. The van der Waals surface area contributed by atoms with Gasteiger partial charge in [-0.1, -0.05) is 41.6 Å². The van der Waals surface area contributed by atoms with E-state index in [2.05, 4.69) is 5.16 Å². The zero-order chi connectivity index (χ0) is 15.1. The van der Waals surface area contributed by atoms with Gasteiger partial charge in [0.15, 0.2) is 5.84 Å². The number of nitrogens with zero attached hydrogens (tertiary/aromatic N) is 1. The van der Waals surface area contributed by atoms with E-state index in [-0.39, 0.29) is 5.84 Å². The van der Waals surface area contributed by atoms with Gasteiger partial charge in [-0.25, -0.2) is 0 Å². The highest BCUT2D eigenvalue weighted by Crippen LogP contribution is 2.14. The fourth-order valence-electron chi connectivity index (χ4n) is 1.95. The Balaban J connectivity index is 1.97. The molecule has 0 spiro atoms. The van der Waals surface area contributed by atoms with E-state index in [1.807, 2.05) is 42.5 Å². The zero-order valence-corrected chi connectivity index (χ0v) is 11.8. The highest BCUT2D eigenvalue weighted by molar-refractivity contribution is 5.98. The number of nitrogens with two attached hydrogens (primary N) is 1. The van der Waals surface area contributed by atoms with Crippen LogP contribution in [0.25, 0.3) is 0 Å². The highest BCUT2D eigenvalue weighted by atomic mass is 16.5. The number of rotatable bonds is 6. The first-order chi connectivity index (χ1) is 10.2. The van der Waals surface area contributed by atoms with Gasteiger partial charge in [-0.2, -0.15) is 0 Å². The summed E-state index contributed by atoms with van der Waals surface area (Å²) < 4.78 is 10.8. The van der Waals surface area contributed by atoms with Crippen LogP contribution in [-0.2, 0) is 18.0 Å². The lowest BCUT2D eigenvalue weighted by atomic mass is 10.1. The number of ether oxygens (including phenoxy) is 2. The van der Waals surface area contributed by atoms with E-state index in [4.69, 9.17) is 20.4 Å². The molecule has 21 heavy (non-hydrogen) atoms. The van der Waals surface area contributed by atoms with Crippen molar-refractivity contribution in [3.63, 3.8) is 0 Å². The van der Waals surface area contributed by atoms with Crippen molar-refractivity contribution >= 4 is 5.84 Å². The van der Waals surface area contributed by atoms with Gasteiger partial charge in [0.2, 0.25) is 0 Å². The fraction of sp³-hybridized carbons (Fsp3) is 0.188. The van der Waals surface area contributed by atoms with E-state index in [1.165, 1.54) is 0 Å². The maximum atomic E-state index is 8.78. The van der Waals surface area contributed by atoms with Crippen LogP contribution in [0.4, 0.5) is 0 Å². The van der Waals surface area contributed by atoms with Crippen LogP contribution >= 0.6 is 0 Å². The number of hydrogen-bond acceptors (Lipinski definition) is 4. The molecule has 2 rings (SSSR count). The molecule has 0 unspecified atom stereocenters. The maximum Gasteiger partial charge on any atom is 0.170 e. The molecule has 0 aliphatic carbocycles. The fourth-order valence-corrected chi connectivity index (χ4v) is 1.95. The molecule has 2 aromatic rings. The van der Waals surface area contributed by atoms with Gasteiger partial charge in [0, 0.05) is 5.56 Å². The third-order valence-corrected chi connectivity index (χ3v) is 3.09. The standard InChI is InChI=1S/C16H18N2O3/c1-20-14-8-6-12(7-9-14)10-21-11-13-4-2-3-5-15(13)16(17)18-19/h2-9,19H,10-11H2,1H3,(H2,17,18). The maximum absolute atomic E-state index is 8.78. The van der Waals surface area contributed by atoms with Crippen LogP contribution in [0.1, 0.15) is 16.7 Å². The zero-order valence-electron chi connectivity index (χ0n) is 11.8. The van der Waals surface area contributed by atoms with Crippen LogP contribution in [0.3, 0.4) is 0 Å². The van der Waals surface area contributed by atoms with Gasteiger partial charge >= 0.3 is 0 Å². The molecule has 0 heterocycles. The van der Waals surface area contributed by atoms with Crippen LogP contribution in [0.5, 0.6) is 5.75 Å². The lowest BCUT2D eigenvalue weighted by Crippen LogP contribution is -2.15. The van der Waals surface area contributed by atoms with E-state index in [1.54, 1.807) is 13.2 Å². The minimum Gasteiger partial charge on any atom is -0.497 e. The smallest absolute Gasteiger partial charge is 0.170 e. The Bertz CT molecular complexity index is 609. The number of oxime groups is 1. The van der Waals surface area contributed by atoms with E-state index in [0.29, 0.717) is 18.8 Å². The summed E-state index contributed by atoms with van der Waals surface area (Å²) in [6.07, 6.45) is 0. The predicted molar refractivity (Wildman–Crippen MR) is 80.4 cm³/mol. The molecule has 5 heteroatoms. The van der Waals surface area contributed by atoms with E-state index < -0.39 is 0 Å². The molecule has 0 saturated heterocycles. The van der Waals surface area contributed by atoms with Crippen LogP contribution in [0, 0.1) is 0 Å². The van der Waals surface area contributed by atoms with Crippen LogP contribution in [0.2, 0.25) is 0 Å². The molecule has 0 fully saturated rings. The molecule has 2 aromatic carbocycles. The third-order valence-electron chi connectivity index (χ3n) is 3.09. The SMILES string of the molecule is COc1ccc(COCc2ccccc2/C(N)=N/O)cc1. The second kappa shape index (κ2) is 7.31. The Morgan fingerprint density at radius 3 is 2.48 bits per heavy atom. The lowest BCUT2D eigenvalue weighted by Gasteiger charge is -2.09. The molecule has 0 aromatic heterocycles. The summed E-state index contributed by atoms with van der Waals surface area (Å²) in [5.41, 5.74) is 8.25. The quantitative estimate of drug-likeness (QED) is 0.370. The number of methoxy groups -OCH3 is 1. The summed E-state index contributed by atoms with van der Waals surface area (Å²) in [4.78, 5) is 0. The lowest BCUT2D eigenvalue weighted by molar-refractivity contribution is 0.107. The first-order valence-electron chi connectivity index (χ1n) is 6.51. The molecular weight excluding hydrogens is 268 g/mol. The largest absolute Gasteiger partial charge is 0.497 e. The molecule has 5 nitrogen and oxygen atoms in total. The monoisotopic (exact) mass is 286 g/mol. The molecule has 0 amide bonds. The van der Waals surface area contributed by atoms with Gasteiger partial charge in [-0.3, -0.25) is 0 Å².